The number of alkyl carbamates (subject to hydrolysis) is 1. The minimum atomic E-state index is -1.55. The van der Waals surface area contributed by atoms with E-state index in [1.54, 1.807) is 11.8 Å². The van der Waals surface area contributed by atoms with Gasteiger partial charge >= 0.3 is 6.09 Å². The Morgan fingerprint density at radius 3 is 2.19 bits per heavy atom. The normalized spacial score (nSPS) is 20.2. The Kier molecular flexibility index (Phi) is 7.33. The minimum Gasteiger partial charge on any atom is -0.449 e. The van der Waals surface area contributed by atoms with Crippen molar-refractivity contribution in [2.45, 2.75) is 55.0 Å². The number of nitrogens with one attached hydrogen (secondary N) is 1. The summed E-state index contributed by atoms with van der Waals surface area (Å²) < 4.78 is 7.27. The lowest BCUT2D eigenvalue weighted by molar-refractivity contribution is -0.142. The van der Waals surface area contributed by atoms with Gasteiger partial charge < -0.3 is 20.1 Å². The molecule has 1 fully saturated rings. The first-order valence-electron chi connectivity index (χ1n) is 14.4. The molecule has 0 spiro atoms. The molecule has 1 saturated heterocycles. The van der Waals surface area contributed by atoms with Gasteiger partial charge in [-0.3, -0.25) is 9.59 Å². The van der Waals surface area contributed by atoms with Crippen molar-refractivity contribution in [2.24, 2.45) is 0 Å². The summed E-state index contributed by atoms with van der Waals surface area (Å²) in [6, 6.07) is 24.1. The van der Waals surface area contributed by atoms with E-state index in [2.05, 4.69) is 29.6 Å². The standard InChI is InChI=1S/C32H33N3O5P2S/c1-32(2)28(30(38)35-41-19-42(35)41)34(18-43-32)29(37)27(36)26(16-20-10-4-3-5-11-20)33-31(39)40-17-25-23-14-8-6-12-21(23)22-13-7-9-15-24(22)25/h3-15,25-28,36H,16-19H2,1-2H3,(H,33,39)/t26-,27-,28?,35?,41?,42?/m0/s1. The number of aliphatic hydroxyl groups excluding tert-OH is 1. The van der Waals surface area contributed by atoms with Gasteiger partial charge in [0.25, 0.3) is 11.8 Å². The fraction of sp³-hybridized carbons (Fsp3) is 0.344. The van der Waals surface area contributed by atoms with Gasteiger partial charge in [0.2, 0.25) is 0 Å². The fourth-order valence-corrected chi connectivity index (χ4v) is 13.2. The number of thioether (sulfide) groups is 1. The van der Waals surface area contributed by atoms with Gasteiger partial charge in [-0.05, 0) is 48.1 Å². The summed E-state index contributed by atoms with van der Waals surface area (Å²) >= 11 is 1.54. The van der Waals surface area contributed by atoms with Gasteiger partial charge in [-0.15, -0.1) is 11.8 Å². The van der Waals surface area contributed by atoms with E-state index < -0.39 is 34.9 Å². The van der Waals surface area contributed by atoms with Crippen LogP contribution in [0.25, 0.3) is 11.1 Å². The number of aliphatic hydroxyl groups is 1. The molecule has 0 saturated carbocycles. The van der Waals surface area contributed by atoms with Gasteiger partial charge in [0.15, 0.2) is 6.10 Å². The van der Waals surface area contributed by atoms with Gasteiger partial charge in [0.05, 0.1) is 17.8 Å². The Morgan fingerprint density at radius 1 is 0.977 bits per heavy atom. The summed E-state index contributed by atoms with van der Waals surface area (Å²) in [5.41, 5.74) is 5.33. The molecule has 3 aromatic carbocycles. The van der Waals surface area contributed by atoms with Crippen LogP contribution in [0.2, 0.25) is 0 Å². The summed E-state index contributed by atoms with van der Waals surface area (Å²) in [5, 5.41) is 14.3. The molecule has 8 nitrogen and oxygen atoms in total. The molecule has 7 rings (SSSR count). The number of ether oxygens (including phenoxy) is 1. The van der Waals surface area contributed by atoms with E-state index in [1.165, 1.54) is 4.90 Å². The minimum absolute atomic E-state index is 0.00290. The van der Waals surface area contributed by atoms with E-state index in [9.17, 15) is 19.5 Å². The van der Waals surface area contributed by atoms with Crippen LogP contribution in [-0.4, -0.2) is 67.4 Å². The highest BCUT2D eigenvalue weighted by molar-refractivity contribution is 8.31. The number of fused-ring (bicyclic) bond motifs is 4. The molecule has 43 heavy (non-hydrogen) atoms. The summed E-state index contributed by atoms with van der Waals surface area (Å²) in [4.78, 5) is 42.0. The smallest absolute Gasteiger partial charge is 0.407 e. The van der Waals surface area contributed by atoms with Crippen LogP contribution in [0.15, 0.2) is 78.9 Å². The number of benzene rings is 3. The summed E-state index contributed by atoms with van der Waals surface area (Å²) in [6.45, 7) is 4.08. The van der Waals surface area contributed by atoms with Crippen molar-refractivity contribution in [3.8, 4) is 11.1 Å². The molecule has 0 bridgehead atoms. The Labute approximate surface area is 256 Å². The molecule has 4 aromatic rings. The molecule has 3 unspecified atom stereocenters. The Bertz CT molecular complexity index is 1650. The number of hydrogen-bond acceptors (Lipinski definition) is 6. The lowest BCUT2D eigenvalue weighted by atomic mass is 9.97. The first-order chi connectivity index (χ1) is 20.7. The first kappa shape index (κ1) is 28.5. The molecule has 222 valence electrons. The quantitative estimate of drug-likeness (QED) is 0.214. The van der Waals surface area contributed by atoms with Gasteiger partial charge in [0.1, 0.15) is 12.6 Å². The second-order valence-corrected chi connectivity index (χ2v) is 19.9. The van der Waals surface area contributed by atoms with Crippen molar-refractivity contribution in [1.29, 1.82) is 0 Å². The van der Waals surface area contributed by atoms with Crippen molar-refractivity contribution in [1.82, 2.24) is 14.3 Å². The molecular formula is C32H33N3O5P2S. The molecule has 2 N–H and O–H groups in total. The highest BCUT2D eigenvalue weighted by Gasteiger charge is 2.54. The van der Waals surface area contributed by atoms with Crippen molar-refractivity contribution >= 4 is 44.4 Å². The molecule has 3 aliphatic rings. The highest BCUT2D eigenvalue weighted by Crippen LogP contribution is 2.85. The predicted octanol–water partition coefficient (Wildman–Crippen LogP) is 6.11. The zero-order valence-corrected chi connectivity index (χ0v) is 26.5. The van der Waals surface area contributed by atoms with Crippen LogP contribution >= 0.6 is 26.5 Å². The summed E-state index contributed by atoms with van der Waals surface area (Å²) in [7, 11) is -0.501. The van der Waals surface area contributed by atoms with Crippen molar-refractivity contribution in [3.63, 3.8) is 0 Å². The van der Waals surface area contributed by atoms with Crippen molar-refractivity contribution < 1.29 is 24.2 Å². The molecule has 1 aromatic heterocycles. The topological polar surface area (TPSA) is 101 Å². The third kappa shape index (κ3) is 5.27. The van der Waals surface area contributed by atoms with Crippen LogP contribution < -0.4 is 5.32 Å². The molecule has 1 aliphatic carbocycles. The number of hydrogen-bond donors (Lipinski definition) is 2. The van der Waals surface area contributed by atoms with Crippen LogP contribution in [0.4, 0.5) is 4.79 Å². The van der Waals surface area contributed by atoms with Gasteiger partial charge in [-0.2, -0.15) is 0 Å². The number of carbonyl (C=O) groups is 3. The molecule has 0 radical (unpaired) electrons. The maximum atomic E-state index is 13.8. The third-order valence-corrected chi connectivity index (χ3v) is 16.3. The zero-order chi connectivity index (χ0) is 29.9. The molecule has 2 amide bonds. The van der Waals surface area contributed by atoms with Gasteiger partial charge in [-0.1, -0.05) is 78.9 Å². The number of rotatable bonds is 8. The molecule has 5 atom stereocenters. The SMILES string of the molecule is CC1(C)SCN(C(=O)[C@@H](O)[C@H](Cc2ccccc2)NC(=O)OCC2c3ccccc3-c3ccccc32)C1C(=O)n1p2p1C2. The maximum absolute atomic E-state index is 13.8. The summed E-state index contributed by atoms with van der Waals surface area (Å²) in [5.74, 6) is 0.818. The number of aromatic nitrogens is 1. The van der Waals surface area contributed by atoms with Crippen molar-refractivity contribution in [2.75, 3.05) is 12.5 Å². The third-order valence-electron chi connectivity index (χ3n) is 8.68. The van der Waals surface area contributed by atoms with Crippen LogP contribution in [0, 0.1) is 0 Å². The lowest BCUT2D eigenvalue weighted by Gasteiger charge is -2.33. The summed E-state index contributed by atoms with van der Waals surface area (Å²) in [6.07, 6.45) is -2.03. The molecule has 2 aliphatic heterocycles. The molecule has 3 heterocycles. The average Bonchev–Trinajstić information content (AvgIpc) is 3.88. The Balaban J connectivity index is 1.08. The predicted molar refractivity (Wildman–Crippen MR) is 171 cm³/mol. The monoisotopic (exact) mass is 633 g/mol. The average molecular weight is 634 g/mol. The maximum Gasteiger partial charge on any atom is 0.407 e. The van der Waals surface area contributed by atoms with Crippen LogP contribution in [-0.2, 0) is 21.9 Å². The number of nitrogens with zero attached hydrogens (tertiary/aromatic N) is 2. The number of carbonyl (C=O) groups excluding carboxylic acids is 3. The highest BCUT2D eigenvalue weighted by atomic mass is 32.2. The molecular weight excluding hydrogens is 600 g/mol. The van der Waals surface area contributed by atoms with E-state index in [-0.39, 0.29) is 39.6 Å². The van der Waals surface area contributed by atoms with Gasteiger partial charge in [0, 0.05) is 25.4 Å². The van der Waals surface area contributed by atoms with E-state index in [0.29, 0.717) is 5.88 Å². The number of amides is 2. The zero-order valence-electron chi connectivity index (χ0n) is 23.9. The van der Waals surface area contributed by atoms with Crippen LogP contribution in [0.3, 0.4) is 0 Å². The van der Waals surface area contributed by atoms with E-state index >= 15 is 0 Å². The van der Waals surface area contributed by atoms with Gasteiger partial charge in [-0.25, -0.2) is 8.89 Å². The van der Waals surface area contributed by atoms with Crippen molar-refractivity contribution in [3.05, 3.63) is 95.6 Å². The second-order valence-electron chi connectivity index (χ2n) is 11.8. The Hall–Kier alpha value is -3.22. The molecule has 11 heteroatoms. The van der Waals surface area contributed by atoms with Crippen LogP contribution in [0.1, 0.15) is 41.3 Å². The van der Waals surface area contributed by atoms with E-state index in [4.69, 9.17) is 4.74 Å². The largest absolute Gasteiger partial charge is 0.449 e. The van der Waals surface area contributed by atoms with E-state index in [0.717, 1.165) is 33.7 Å². The first-order valence-corrected chi connectivity index (χ1v) is 19.1. The lowest BCUT2D eigenvalue weighted by Crippen LogP contribution is -2.57. The fourth-order valence-electron chi connectivity index (χ4n) is 6.29. The second kappa shape index (κ2) is 11.0. The van der Waals surface area contributed by atoms with E-state index in [1.807, 2.05) is 72.5 Å². The Morgan fingerprint density at radius 2 is 1.58 bits per heavy atom. The van der Waals surface area contributed by atoms with Crippen LogP contribution in [0.5, 0.6) is 0 Å².